The average Bonchev–Trinajstić information content (AvgIpc) is 3.25. The van der Waals surface area contributed by atoms with Gasteiger partial charge in [-0.05, 0) is 41.5 Å². The lowest BCUT2D eigenvalue weighted by molar-refractivity contribution is -0.130. The molecule has 7 heteroatoms. The van der Waals surface area contributed by atoms with E-state index in [1.165, 1.54) is 11.9 Å². The van der Waals surface area contributed by atoms with Crippen LogP contribution in [0.5, 0.6) is 5.75 Å². The lowest BCUT2D eigenvalue weighted by Gasteiger charge is -2.20. The number of benzene rings is 3. The van der Waals surface area contributed by atoms with Crippen molar-refractivity contribution in [3.05, 3.63) is 99.3 Å². The summed E-state index contributed by atoms with van der Waals surface area (Å²) in [4.78, 5) is 28.7. The molecule has 3 aromatic carbocycles. The molecule has 1 amide bonds. The Kier molecular flexibility index (Phi) is 5.23. The van der Waals surface area contributed by atoms with Crippen LogP contribution in [0.4, 0.5) is 0 Å². The molecular weight excluding hydrogens is 438 g/mol. The number of carbonyl (C=O) groups is 1. The molecule has 0 radical (unpaired) electrons. The zero-order chi connectivity index (χ0) is 23.1. The van der Waals surface area contributed by atoms with Crippen LogP contribution >= 0.6 is 11.6 Å². The molecule has 6 nitrogen and oxygen atoms in total. The molecule has 0 saturated heterocycles. The van der Waals surface area contributed by atoms with Crippen LogP contribution in [0.1, 0.15) is 30.5 Å². The zero-order valence-electron chi connectivity index (χ0n) is 17.7. The second kappa shape index (κ2) is 8.22. The number of rotatable bonds is 3. The predicted octanol–water partition coefficient (Wildman–Crippen LogP) is 5.25. The van der Waals surface area contributed by atoms with Crippen LogP contribution in [0, 0.1) is 0 Å². The fraction of sp³-hybridized carbons (Fsp3) is 0.115. The number of phenolic OH excluding ortho intramolecular Hbond substituents is 1. The number of amides is 1. The maximum absolute atomic E-state index is 13.4. The number of fused-ring (bicyclic) bond motifs is 1. The van der Waals surface area contributed by atoms with E-state index in [-0.39, 0.29) is 23.3 Å². The minimum absolute atomic E-state index is 0.140. The predicted molar refractivity (Wildman–Crippen MR) is 130 cm³/mol. The van der Waals surface area contributed by atoms with E-state index in [1.54, 1.807) is 36.4 Å². The number of nitrogens with zero attached hydrogens (tertiary/aromatic N) is 2. The first-order chi connectivity index (χ1) is 15.9. The van der Waals surface area contributed by atoms with Crippen LogP contribution in [-0.2, 0) is 4.79 Å². The summed E-state index contributed by atoms with van der Waals surface area (Å²) in [7, 11) is 0. The van der Waals surface area contributed by atoms with Gasteiger partial charge < -0.3 is 10.1 Å². The van der Waals surface area contributed by atoms with Gasteiger partial charge in [-0.3, -0.25) is 9.59 Å². The Morgan fingerprint density at radius 1 is 1.06 bits per heavy atom. The van der Waals surface area contributed by atoms with Gasteiger partial charge >= 0.3 is 0 Å². The molecule has 1 aromatic heterocycles. The van der Waals surface area contributed by atoms with Crippen molar-refractivity contribution in [2.45, 2.75) is 19.4 Å². The Morgan fingerprint density at radius 3 is 2.48 bits per heavy atom. The van der Waals surface area contributed by atoms with Crippen molar-refractivity contribution >= 4 is 34.1 Å². The van der Waals surface area contributed by atoms with E-state index in [1.807, 2.05) is 36.4 Å². The Morgan fingerprint density at radius 2 is 1.79 bits per heavy atom. The van der Waals surface area contributed by atoms with Crippen molar-refractivity contribution in [3.63, 3.8) is 0 Å². The third-order valence-electron chi connectivity index (χ3n) is 5.84. The van der Waals surface area contributed by atoms with Gasteiger partial charge in [-0.15, -0.1) is 0 Å². The quantitative estimate of drug-likeness (QED) is 0.440. The van der Waals surface area contributed by atoms with E-state index in [2.05, 4.69) is 10.1 Å². The van der Waals surface area contributed by atoms with E-state index in [0.29, 0.717) is 28.2 Å². The zero-order valence-corrected chi connectivity index (χ0v) is 18.5. The van der Waals surface area contributed by atoms with Gasteiger partial charge in [0.25, 0.3) is 5.56 Å². The van der Waals surface area contributed by atoms with Crippen LogP contribution in [0.15, 0.2) is 82.7 Å². The molecule has 1 aliphatic rings. The second-order valence-corrected chi connectivity index (χ2v) is 8.42. The summed E-state index contributed by atoms with van der Waals surface area (Å²) >= 11 is 6.32. The van der Waals surface area contributed by atoms with Gasteiger partial charge in [0.1, 0.15) is 5.75 Å². The summed E-state index contributed by atoms with van der Waals surface area (Å²) in [6, 6.07) is 21.3. The highest BCUT2D eigenvalue weighted by atomic mass is 35.5. The van der Waals surface area contributed by atoms with Crippen molar-refractivity contribution in [1.29, 1.82) is 0 Å². The van der Waals surface area contributed by atoms with Gasteiger partial charge in [0.2, 0.25) is 5.91 Å². The normalized spacial score (nSPS) is 15.6. The van der Waals surface area contributed by atoms with Crippen LogP contribution in [0.3, 0.4) is 0 Å². The molecule has 1 unspecified atom stereocenters. The van der Waals surface area contributed by atoms with Crippen LogP contribution in [0.25, 0.3) is 22.0 Å². The van der Waals surface area contributed by atoms with E-state index < -0.39 is 0 Å². The molecule has 5 rings (SSSR count). The molecule has 0 aliphatic carbocycles. The van der Waals surface area contributed by atoms with Gasteiger partial charge in [-0.2, -0.15) is 5.10 Å². The van der Waals surface area contributed by atoms with E-state index in [9.17, 15) is 14.7 Å². The van der Waals surface area contributed by atoms with E-state index in [0.717, 1.165) is 22.1 Å². The third-order valence-corrected chi connectivity index (χ3v) is 6.07. The SMILES string of the molecule is CC(=O)N1N=C(c2c(-c3ccccc3)c3cc(Cl)ccc3[nH]c2=O)CC1c1ccc(O)cc1. The molecule has 4 aromatic rings. The molecule has 0 saturated carbocycles. The molecule has 2 heterocycles. The number of halogens is 1. The fourth-order valence-electron chi connectivity index (χ4n) is 4.35. The number of carbonyl (C=O) groups excluding carboxylic acids is 1. The number of phenols is 1. The Bertz CT molecular complexity index is 1460. The Labute approximate surface area is 194 Å². The van der Waals surface area contributed by atoms with Crippen LogP contribution in [-0.4, -0.2) is 26.7 Å². The molecule has 2 N–H and O–H groups in total. The standard InChI is InChI=1S/C26H20ClN3O3/c1-15(31)30-23(16-7-10-19(32)11-8-16)14-22(29-30)25-24(17-5-3-2-4-6-17)20-13-18(27)9-12-21(20)28-26(25)33/h2-13,23,32H,14H2,1H3,(H,28,33). The summed E-state index contributed by atoms with van der Waals surface area (Å²) in [5, 5.41) is 17.0. The highest BCUT2D eigenvalue weighted by Gasteiger charge is 2.34. The topological polar surface area (TPSA) is 85.8 Å². The number of aromatic hydroxyl groups is 1. The van der Waals surface area contributed by atoms with Crippen molar-refractivity contribution < 1.29 is 9.90 Å². The molecule has 0 bridgehead atoms. The number of hydrogen-bond donors (Lipinski definition) is 2. The van der Waals surface area contributed by atoms with Crippen molar-refractivity contribution in [3.8, 4) is 16.9 Å². The summed E-state index contributed by atoms with van der Waals surface area (Å²) in [6.45, 7) is 1.45. The first-order valence-corrected chi connectivity index (χ1v) is 10.9. The van der Waals surface area contributed by atoms with Crippen molar-refractivity contribution in [1.82, 2.24) is 9.99 Å². The minimum atomic E-state index is -0.379. The lowest BCUT2D eigenvalue weighted by Crippen LogP contribution is -2.24. The van der Waals surface area contributed by atoms with E-state index in [4.69, 9.17) is 11.6 Å². The molecule has 33 heavy (non-hydrogen) atoms. The fourth-order valence-corrected chi connectivity index (χ4v) is 4.53. The smallest absolute Gasteiger partial charge is 0.258 e. The van der Waals surface area contributed by atoms with Gasteiger partial charge in [0.05, 0.1) is 17.3 Å². The summed E-state index contributed by atoms with van der Waals surface area (Å²) < 4.78 is 0. The van der Waals surface area contributed by atoms with Crippen molar-refractivity contribution in [2.24, 2.45) is 5.10 Å². The van der Waals surface area contributed by atoms with E-state index >= 15 is 0 Å². The second-order valence-electron chi connectivity index (χ2n) is 7.98. The monoisotopic (exact) mass is 457 g/mol. The molecule has 1 aliphatic heterocycles. The molecular formula is C26H20ClN3O3. The third kappa shape index (κ3) is 3.79. The summed E-state index contributed by atoms with van der Waals surface area (Å²) in [6.07, 6.45) is 0.360. The van der Waals surface area contributed by atoms with Gasteiger partial charge in [0.15, 0.2) is 0 Å². The summed E-state index contributed by atoms with van der Waals surface area (Å²) in [5.41, 5.74) is 3.74. The molecule has 0 spiro atoms. The first-order valence-electron chi connectivity index (χ1n) is 10.5. The number of pyridine rings is 1. The number of aromatic nitrogens is 1. The largest absolute Gasteiger partial charge is 0.508 e. The highest BCUT2D eigenvalue weighted by Crippen LogP contribution is 2.37. The van der Waals surface area contributed by atoms with Crippen LogP contribution in [0.2, 0.25) is 5.02 Å². The van der Waals surface area contributed by atoms with Gasteiger partial charge in [-0.1, -0.05) is 54.1 Å². The Balaban J connectivity index is 1.74. The molecule has 0 fully saturated rings. The number of aromatic amines is 1. The van der Waals surface area contributed by atoms with Gasteiger partial charge in [-0.25, -0.2) is 5.01 Å². The van der Waals surface area contributed by atoms with Crippen LogP contribution < -0.4 is 5.56 Å². The molecule has 164 valence electrons. The number of H-pyrrole nitrogens is 1. The van der Waals surface area contributed by atoms with Gasteiger partial charge in [0, 0.05) is 34.8 Å². The number of hydrogen-bond acceptors (Lipinski definition) is 4. The number of hydrazone groups is 1. The summed E-state index contributed by atoms with van der Waals surface area (Å²) in [5.74, 6) is -0.0916. The minimum Gasteiger partial charge on any atom is -0.508 e. The lowest BCUT2D eigenvalue weighted by atomic mass is 9.91. The maximum Gasteiger partial charge on any atom is 0.258 e. The molecule has 1 atom stereocenters. The highest BCUT2D eigenvalue weighted by molar-refractivity contribution is 6.31. The maximum atomic E-state index is 13.4. The first kappa shape index (κ1) is 21.0. The van der Waals surface area contributed by atoms with Crippen molar-refractivity contribution in [2.75, 3.05) is 0 Å². The number of nitrogens with one attached hydrogen (secondary N) is 1. The average molecular weight is 458 g/mol. The Hall–Kier alpha value is -3.90.